The van der Waals surface area contributed by atoms with Gasteiger partial charge in [-0.3, -0.25) is 0 Å². The molecule has 3 nitrogen and oxygen atoms in total. The van der Waals surface area contributed by atoms with Crippen LogP contribution >= 0.6 is 11.6 Å². The van der Waals surface area contributed by atoms with E-state index in [-0.39, 0.29) is 5.15 Å². The first-order valence-corrected chi connectivity index (χ1v) is 4.31. The van der Waals surface area contributed by atoms with Crippen molar-refractivity contribution >= 4 is 11.6 Å². The summed E-state index contributed by atoms with van der Waals surface area (Å²) in [7, 11) is 1.57. The summed E-state index contributed by atoms with van der Waals surface area (Å²) in [6.45, 7) is 5.32. The predicted molar refractivity (Wildman–Crippen MR) is 51.2 cm³/mol. The van der Waals surface area contributed by atoms with Crippen molar-refractivity contribution in [2.75, 3.05) is 7.11 Å². The fraction of sp³-hybridized carbons (Fsp3) is 0.444. The zero-order chi connectivity index (χ0) is 10.2. The molecule has 0 unspecified atom stereocenters. The maximum atomic E-state index is 11.4. The van der Waals surface area contributed by atoms with Gasteiger partial charge in [-0.1, -0.05) is 0 Å². The van der Waals surface area contributed by atoms with Crippen LogP contribution in [0.5, 0.6) is 5.75 Å². The van der Waals surface area contributed by atoms with Crippen LogP contribution in [-0.4, -0.2) is 7.11 Å². The maximum absolute atomic E-state index is 11.4. The van der Waals surface area contributed by atoms with Crippen molar-refractivity contribution in [1.82, 2.24) is 0 Å². The Kier molecular flexibility index (Phi) is 2.66. The van der Waals surface area contributed by atoms with E-state index in [1.807, 2.05) is 6.92 Å². The molecule has 4 heteroatoms. The summed E-state index contributed by atoms with van der Waals surface area (Å²) in [5, 5.41) is 11.6. The summed E-state index contributed by atoms with van der Waals surface area (Å²) in [5.74, 6) is 0.689. The average molecular weight is 202 g/mol. The molecule has 1 rings (SSSR count). The van der Waals surface area contributed by atoms with Crippen LogP contribution in [-0.2, 0) is 0 Å². The molecule has 0 aliphatic carbocycles. The topological polar surface area (TPSA) is 36.2 Å². The number of rotatable bonds is 1. The Morgan fingerprint density at radius 3 is 2.23 bits per heavy atom. The third kappa shape index (κ3) is 1.44. The van der Waals surface area contributed by atoms with Crippen molar-refractivity contribution in [2.24, 2.45) is 0 Å². The largest absolute Gasteiger partial charge is 0.617 e. The van der Waals surface area contributed by atoms with Crippen LogP contribution in [0.1, 0.15) is 16.8 Å². The minimum Gasteiger partial charge on any atom is -0.617 e. The van der Waals surface area contributed by atoms with E-state index in [4.69, 9.17) is 16.3 Å². The molecule has 0 atom stereocenters. The summed E-state index contributed by atoms with van der Waals surface area (Å²) < 4.78 is 5.87. The summed E-state index contributed by atoms with van der Waals surface area (Å²) in [6, 6.07) is 0. The lowest BCUT2D eigenvalue weighted by Gasteiger charge is -2.12. The molecule has 0 amide bonds. The molecule has 0 aliphatic rings. The van der Waals surface area contributed by atoms with Crippen molar-refractivity contribution in [2.45, 2.75) is 20.8 Å². The van der Waals surface area contributed by atoms with Crippen LogP contribution in [0.3, 0.4) is 0 Å². The predicted octanol–water partition coefficient (Wildman–Crippen LogP) is 1.91. The van der Waals surface area contributed by atoms with Crippen molar-refractivity contribution < 1.29 is 9.47 Å². The Balaban J connectivity index is 3.56. The van der Waals surface area contributed by atoms with Crippen LogP contribution in [0.25, 0.3) is 0 Å². The summed E-state index contributed by atoms with van der Waals surface area (Å²) >= 11 is 5.81. The Morgan fingerprint density at radius 2 is 1.77 bits per heavy atom. The van der Waals surface area contributed by atoms with Crippen molar-refractivity contribution in [3.63, 3.8) is 0 Å². The molecule has 72 valence electrons. The fourth-order valence-electron chi connectivity index (χ4n) is 1.30. The fourth-order valence-corrected chi connectivity index (χ4v) is 1.51. The van der Waals surface area contributed by atoms with Crippen LogP contribution in [0.4, 0.5) is 0 Å². The Bertz CT molecular complexity index is 321. The smallest absolute Gasteiger partial charge is 0.293 e. The molecule has 0 saturated carbocycles. The van der Waals surface area contributed by atoms with E-state index in [0.717, 1.165) is 10.3 Å². The standard InChI is InChI=1S/C9H12ClNO2/c1-5-7(3)11(12)9(10)6(2)8(5)13-4/h1-4H3. The van der Waals surface area contributed by atoms with Crippen LogP contribution in [0.15, 0.2) is 0 Å². The van der Waals surface area contributed by atoms with Crippen molar-refractivity contribution in [1.29, 1.82) is 0 Å². The van der Waals surface area contributed by atoms with Gasteiger partial charge in [-0.25, -0.2) is 0 Å². The number of hydrogen-bond acceptors (Lipinski definition) is 2. The lowest BCUT2D eigenvalue weighted by Crippen LogP contribution is -2.33. The van der Waals surface area contributed by atoms with E-state index in [9.17, 15) is 5.21 Å². The van der Waals surface area contributed by atoms with Crippen molar-refractivity contribution in [3.8, 4) is 5.75 Å². The molecule has 0 saturated heterocycles. The molecule has 0 bridgehead atoms. The van der Waals surface area contributed by atoms with Crippen LogP contribution in [0.2, 0.25) is 5.15 Å². The van der Waals surface area contributed by atoms with Gasteiger partial charge in [0.15, 0.2) is 5.69 Å². The minimum absolute atomic E-state index is 0.181. The quantitative estimate of drug-likeness (QED) is 0.395. The number of hydrogen-bond donors (Lipinski definition) is 0. The van der Waals surface area contributed by atoms with Gasteiger partial charge >= 0.3 is 0 Å². The third-order valence-corrected chi connectivity index (χ3v) is 2.66. The van der Waals surface area contributed by atoms with E-state index in [1.54, 1.807) is 21.0 Å². The van der Waals surface area contributed by atoms with Gasteiger partial charge in [-0.05, 0) is 25.4 Å². The highest BCUT2D eigenvalue weighted by Gasteiger charge is 2.19. The highest BCUT2D eigenvalue weighted by Crippen LogP contribution is 2.27. The average Bonchev–Trinajstić information content (AvgIpc) is 2.13. The van der Waals surface area contributed by atoms with Gasteiger partial charge in [0, 0.05) is 6.92 Å². The van der Waals surface area contributed by atoms with Gasteiger partial charge in [0.2, 0.25) is 0 Å². The summed E-state index contributed by atoms with van der Waals surface area (Å²) in [4.78, 5) is 0. The molecule has 0 radical (unpaired) electrons. The number of ether oxygens (including phenoxy) is 1. The Morgan fingerprint density at radius 1 is 1.23 bits per heavy atom. The van der Waals surface area contributed by atoms with E-state index in [1.165, 1.54) is 0 Å². The zero-order valence-corrected chi connectivity index (χ0v) is 8.90. The highest BCUT2D eigenvalue weighted by atomic mass is 35.5. The van der Waals surface area contributed by atoms with Gasteiger partial charge in [0.25, 0.3) is 5.15 Å². The Labute approximate surface area is 82.5 Å². The SMILES string of the molecule is COc1c(C)c(C)[n+]([O-])c(Cl)c1C. The van der Waals surface area contributed by atoms with Gasteiger partial charge in [0.1, 0.15) is 5.75 Å². The molecule has 0 N–H and O–H groups in total. The highest BCUT2D eigenvalue weighted by molar-refractivity contribution is 6.29. The van der Waals surface area contributed by atoms with Gasteiger partial charge in [-0.2, -0.15) is 4.73 Å². The number of halogens is 1. The molecule has 0 spiro atoms. The molecular weight excluding hydrogens is 190 g/mol. The second-order valence-corrected chi connectivity index (χ2v) is 3.31. The Hall–Kier alpha value is -0.960. The maximum Gasteiger partial charge on any atom is 0.293 e. The molecule has 13 heavy (non-hydrogen) atoms. The zero-order valence-electron chi connectivity index (χ0n) is 8.14. The number of pyridine rings is 1. The normalized spacial score (nSPS) is 10.2. The molecule has 1 aromatic heterocycles. The van der Waals surface area contributed by atoms with Gasteiger partial charge < -0.3 is 9.94 Å². The third-order valence-electron chi connectivity index (χ3n) is 2.22. The lowest BCUT2D eigenvalue weighted by molar-refractivity contribution is -0.610. The molecule has 0 aromatic carbocycles. The van der Waals surface area contributed by atoms with Gasteiger partial charge in [0.05, 0.1) is 18.2 Å². The number of nitrogens with zero attached hydrogens (tertiary/aromatic N) is 1. The first-order chi connectivity index (χ1) is 6.00. The summed E-state index contributed by atoms with van der Waals surface area (Å²) in [6.07, 6.45) is 0. The minimum atomic E-state index is 0.181. The summed E-state index contributed by atoms with van der Waals surface area (Å²) in [5.41, 5.74) is 2.09. The monoisotopic (exact) mass is 201 g/mol. The van der Waals surface area contributed by atoms with E-state index in [2.05, 4.69) is 0 Å². The molecular formula is C9H12ClNO2. The first kappa shape index (κ1) is 10.1. The molecule has 0 fully saturated rings. The van der Waals surface area contributed by atoms with Crippen LogP contribution in [0, 0.1) is 26.0 Å². The number of methoxy groups -OCH3 is 1. The van der Waals surface area contributed by atoms with Gasteiger partial charge in [-0.15, -0.1) is 0 Å². The number of aromatic nitrogens is 1. The second kappa shape index (κ2) is 3.42. The molecule has 0 aliphatic heterocycles. The second-order valence-electron chi connectivity index (χ2n) is 2.95. The van der Waals surface area contributed by atoms with Crippen molar-refractivity contribution in [3.05, 3.63) is 27.2 Å². The van der Waals surface area contributed by atoms with E-state index in [0.29, 0.717) is 17.0 Å². The van der Waals surface area contributed by atoms with E-state index < -0.39 is 0 Å². The lowest BCUT2D eigenvalue weighted by atomic mass is 10.1. The molecule has 1 heterocycles. The molecule has 1 aromatic rings. The first-order valence-electron chi connectivity index (χ1n) is 3.93. The van der Waals surface area contributed by atoms with E-state index >= 15 is 0 Å². The van der Waals surface area contributed by atoms with Crippen LogP contribution < -0.4 is 9.47 Å².